The third-order valence-corrected chi connectivity index (χ3v) is 8.35. The molecule has 34 heavy (non-hydrogen) atoms. The van der Waals surface area contributed by atoms with E-state index in [9.17, 15) is 18.0 Å². The van der Waals surface area contributed by atoms with Gasteiger partial charge in [0.25, 0.3) is 15.9 Å². The van der Waals surface area contributed by atoms with Crippen LogP contribution in [0.15, 0.2) is 53.4 Å². The van der Waals surface area contributed by atoms with Gasteiger partial charge in [0.05, 0.1) is 17.6 Å². The number of thiophene rings is 1. The number of rotatable bonds is 6. The number of hydrogen-bond donors (Lipinski definition) is 2. The number of carbonyl (C=O) groups excluding carboxylic acids is 2. The maximum Gasteiger partial charge on any atom is 0.341 e. The topological polar surface area (TPSA) is 102 Å². The Morgan fingerprint density at radius 1 is 1.00 bits per heavy atom. The van der Waals surface area contributed by atoms with Crippen molar-refractivity contribution < 1.29 is 22.7 Å². The van der Waals surface area contributed by atoms with Gasteiger partial charge in [0, 0.05) is 16.1 Å². The van der Waals surface area contributed by atoms with Crippen LogP contribution < -0.4 is 10.0 Å². The fraction of sp³-hybridized carbons (Fsp3) is 0.280. The maximum atomic E-state index is 13.0. The molecule has 0 radical (unpaired) electrons. The Kier molecular flexibility index (Phi) is 7.04. The van der Waals surface area contributed by atoms with Crippen LogP contribution >= 0.6 is 11.3 Å². The van der Waals surface area contributed by atoms with E-state index in [1.807, 2.05) is 6.92 Å². The summed E-state index contributed by atoms with van der Waals surface area (Å²) in [4.78, 5) is 26.8. The monoisotopic (exact) mass is 498 g/mol. The van der Waals surface area contributed by atoms with Crippen LogP contribution in [0.25, 0.3) is 0 Å². The Labute approximate surface area is 203 Å². The largest absolute Gasteiger partial charge is 0.465 e. The first-order valence-corrected chi connectivity index (χ1v) is 13.3. The Balaban J connectivity index is 1.58. The highest BCUT2D eigenvalue weighted by Gasteiger charge is 2.26. The molecule has 1 heterocycles. The van der Waals surface area contributed by atoms with Gasteiger partial charge in [-0.25, -0.2) is 13.2 Å². The van der Waals surface area contributed by atoms with E-state index in [1.165, 1.54) is 36.6 Å². The van der Waals surface area contributed by atoms with Crippen molar-refractivity contribution in [1.29, 1.82) is 0 Å². The Morgan fingerprint density at radius 2 is 1.74 bits per heavy atom. The summed E-state index contributed by atoms with van der Waals surface area (Å²) in [6.45, 7) is 1.88. The van der Waals surface area contributed by atoms with E-state index in [0.717, 1.165) is 48.1 Å². The average Bonchev–Trinajstić information content (AvgIpc) is 2.98. The Bertz CT molecular complexity index is 1330. The van der Waals surface area contributed by atoms with Crippen LogP contribution in [0.4, 0.5) is 10.7 Å². The number of nitrogens with one attached hydrogen (secondary N) is 2. The summed E-state index contributed by atoms with van der Waals surface area (Å²) in [7, 11) is -2.47. The molecule has 0 saturated heterocycles. The molecule has 1 aliphatic rings. The van der Waals surface area contributed by atoms with Crippen LogP contribution in [0.5, 0.6) is 0 Å². The van der Waals surface area contributed by atoms with E-state index >= 15 is 0 Å². The number of methoxy groups -OCH3 is 1. The van der Waals surface area contributed by atoms with Gasteiger partial charge in [-0.05, 0) is 68.5 Å². The molecule has 2 N–H and O–H groups in total. The van der Waals surface area contributed by atoms with Crippen molar-refractivity contribution in [2.45, 2.75) is 43.9 Å². The molecule has 2 aromatic carbocycles. The van der Waals surface area contributed by atoms with Crippen LogP contribution in [-0.2, 0) is 27.6 Å². The van der Waals surface area contributed by atoms with Crippen molar-refractivity contribution in [2.75, 3.05) is 17.1 Å². The van der Waals surface area contributed by atoms with Crippen molar-refractivity contribution in [3.05, 3.63) is 75.7 Å². The summed E-state index contributed by atoms with van der Waals surface area (Å²) in [6.07, 6.45) is 4.79. The summed E-state index contributed by atoms with van der Waals surface area (Å²) in [5, 5.41) is 3.32. The lowest BCUT2D eigenvalue weighted by atomic mass is 10.1. The highest BCUT2D eigenvalue weighted by Crippen LogP contribution is 2.38. The molecular formula is C25H26N2O5S2. The van der Waals surface area contributed by atoms with Crippen LogP contribution in [0.3, 0.4) is 0 Å². The van der Waals surface area contributed by atoms with E-state index < -0.39 is 21.9 Å². The van der Waals surface area contributed by atoms with Gasteiger partial charge >= 0.3 is 5.97 Å². The molecule has 0 atom stereocenters. The van der Waals surface area contributed by atoms with Gasteiger partial charge in [0.15, 0.2) is 0 Å². The van der Waals surface area contributed by atoms with Crippen molar-refractivity contribution in [3.8, 4) is 0 Å². The second-order valence-electron chi connectivity index (χ2n) is 8.21. The van der Waals surface area contributed by atoms with Gasteiger partial charge < -0.3 is 10.1 Å². The minimum Gasteiger partial charge on any atom is -0.465 e. The van der Waals surface area contributed by atoms with E-state index in [0.29, 0.717) is 10.6 Å². The molecule has 1 aliphatic carbocycles. The standard InChI is InChI=1S/C25H26N2O5S2/c1-16-11-13-19(14-12-16)34(30,31)27-18-8-6-7-17(15-18)23(28)26-24-22(25(29)32-2)20-9-4-3-5-10-21(20)33-24/h6-8,11-15,27H,3-5,9-10H2,1-2H3,(H,26,28). The number of carbonyl (C=O) groups is 2. The van der Waals surface area contributed by atoms with E-state index in [1.54, 1.807) is 30.3 Å². The molecule has 0 fully saturated rings. The van der Waals surface area contributed by atoms with Crippen molar-refractivity contribution >= 4 is 43.9 Å². The second-order valence-corrected chi connectivity index (χ2v) is 11.0. The summed E-state index contributed by atoms with van der Waals surface area (Å²) < 4.78 is 32.9. The lowest BCUT2D eigenvalue weighted by Crippen LogP contribution is -2.16. The first kappa shape index (κ1) is 24.0. The molecule has 7 nitrogen and oxygen atoms in total. The van der Waals surface area contributed by atoms with Gasteiger partial charge in [0.2, 0.25) is 0 Å². The van der Waals surface area contributed by atoms with E-state index in [-0.39, 0.29) is 16.1 Å². The zero-order valence-electron chi connectivity index (χ0n) is 19.0. The smallest absolute Gasteiger partial charge is 0.341 e. The fourth-order valence-electron chi connectivity index (χ4n) is 3.98. The van der Waals surface area contributed by atoms with Crippen molar-refractivity contribution in [2.24, 2.45) is 0 Å². The van der Waals surface area contributed by atoms with E-state index in [4.69, 9.17) is 4.74 Å². The summed E-state index contributed by atoms with van der Waals surface area (Å²) >= 11 is 1.41. The number of benzene rings is 2. The number of amides is 1. The first-order chi connectivity index (χ1) is 16.3. The van der Waals surface area contributed by atoms with Crippen LogP contribution in [-0.4, -0.2) is 27.4 Å². The molecular weight excluding hydrogens is 472 g/mol. The third-order valence-electron chi connectivity index (χ3n) is 5.75. The summed E-state index contributed by atoms with van der Waals surface area (Å²) in [6, 6.07) is 12.8. The van der Waals surface area contributed by atoms with Gasteiger partial charge in [-0.3, -0.25) is 9.52 Å². The number of hydrogen-bond acceptors (Lipinski definition) is 6. The number of anilines is 2. The predicted octanol–water partition coefficient (Wildman–Crippen LogP) is 5.17. The highest BCUT2D eigenvalue weighted by atomic mass is 32.2. The molecule has 0 saturated carbocycles. The number of sulfonamides is 1. The van der Waals surface area contributed by atoms with Crippen molar-refractivity contribution in [3.63, 3.8) is 0 Å². The molecule has 178 valence electrons. The quantitative estimate of drug-likeness (QED) is 0.361. The number of aryl methyl sites for hydroxylation is 2. The predicted molar refractivity (Wildman–Crippen MR) is 133 cm³/mol. The lowest BCUT2D eigenvalue weighted by Gasteiger charge is -2.11. The molecule has 0 unspecified atom stereocenters. The van der Waals surface area contributed by atoms with E-state index in [2.05, 4.69) is 10.0 Å². The van der Waals surface area contributed by atoms with Crippen LogP contribution in [0, 0.1) is 6.92 Å². The average molecular weight is 499 g/mol. The SMILES string of the molecule is COC(=O)c1c(NC(=O)c2cccc(NS(=O)(=O)c3ccc(C)cc3)c2)sc2c1CCCCC2. The Morgan fingerprint density at radius 3 is 2.47 bits per heavy atom. The van der Waals surface area contributed by atoms with Gasteiger partial charge in [-0.1, -0.05) is 30.2 Å². The normalized spacial score (nSPS) is 13.5. The molecule has 3 aromatic rings. The molecule has 0 aliphatic heterocycles. The molecule has 4 rings (SSSR count). The van der Waals surface area contributed by atoms with Gasteiger partial charge in [-0.15, -0.1) is 11.3 Å². The van der Waals surface area contributed by atoms with Crippen molar-refractivity contribution in [1.82, 2.24) is 0 Å². The number of ether oxygens (including phenoxy) is 1. The van der Waals surface area contributed by atoms with Crippen LogP contribution in [0.1, 0.15) is 56.0 Å². The molecule has 0 bridgehead atoms. The zero-order chi connectivity index (χ0) is 24.3. The molecule has 1 amide bonds. The fourth-order valence-corrected chi connectivity index (χ4v) is 6.30. The molecule has 0 spiro atoms. The highest BCUT2D eigenvalue weighted by molar-refractivity contribution is 7.92. The minimum absolute atomic E-state index is 0.135. The zero-order valence-corrected chi connectivity index (χ0v) is 20.6. The number of esters is 1. The Hall–Kier alpha value is -3.17. The third kappa shape index (κ3) is 5.15. The maximum absolute atomic E-state index is 13.0. The number of fused-ring (bicyclic) bond motifs is 1. The molecule has 9 heteroatoms. The summed E-state index contributed by atoms with van der Waals surface area (Å²) in [5.74, 6) is -0.896. The first-order valence-electron chi connectivity index (χ1n) is 11.0. The van der Waals surface area contributed by atoms with Gasteiger partial charge in [0.1, 0.15) is 5.00 Å². The van der Waals surface area contributed by atoms with Crippen LogP contribution in [0.2, 0.25) is 0 Å². The summed E-state index contributed by atoms with van der Waals surface area (Å²) in [5.41, 5.74) is 2.87. The van der Waals surface area contributed by atoms with Gasteiger partial charge in [-0.2, -0.15) is 0 Å². The second kappa shape index (κ2) is 9.99. The lowest BCUT2D eigenvalue weighted by molar-refractivity contribution is 0.0601. The minimum atomic E-state index is -3.80. The molecule has 1 aromatic heterocycles.